The number of hydrogen-bond acceptors (Lipinski definition) is 1. The Bertz CT molecular complexity index is 3300. The van der Waals surface area contributed by atoms with Crippen LogP contribution in [0.15, 0.2) is 211 Å². The fourth-order valence-electron chi connectivity index (χ4n) is 9.47. The summed E-state index contributed by atoms with van der Waals surface area (Å²) >= 11 is 0. The van der Waals surface area contributed by atoms with Gasteiger partial charge in [0, 0.05) is 38.7 Å². The van der Waals surface area contributed by atoms with Gasteiger partial charge in [-0.25, -0.2) is 0 Å². The Morgan fingerprint density at radius 1 is 0.351 bits per heavy atom. The molecule has 0 fully saturated rings. The highest BCUT2D eigenvalue weighted by Crippen LogP contribution is 2.49. The van der Waals surface area contributed by atoms with E-state index in [0.29, 0.717) is 0 Å². The summed E-state index contributed by atoms with van der Waals surface area (Å²) in [5.74, 6) is 0.186. The topological polar surface area (TPSA) is 18.1 Å². The molecular formula is C55H35NO. The Hall–Kier alpha value is -7.42. The Balaban J connectivity index is 1.04. The first-order valence-corrected chi connectivity index (χ1v) is 19.7. The zero-order valence-electron chi connectivity index (χ0n) is 31.1. The molecule has 0 radical (unpaired) electrons. The number of fused-ring (bicyclic) bond motifs is 9. The van der Waals surface area contributed by atoms with Crippen molar-refractivity contribution in [1.82, 2.24) is 4.57 Å². The number of benzene rings is 9. The minimum Gasteiger partial charge on any atom is -0.455 e. The van der Waals surface area contributed by atoms with Crippen LogP contribution in [0.25, 0.3) is 93.9 Å². The molecule has 1 aliphatic rings. The van der Waals surface area contributed by atoms with Crippen LogP contribution in [0, 0.1) is 0 Å². The zero-order valence-corrected chi connectivity index (χ0v) is 31.1. The third kappa shape index (κ3) is 4.97. The van der Waals surface area contributed by atoms with Gasteiger partial charge >= 0.3 is 0 Å². The van der Waals surface area contributed by atoms with Gasteiger partial charge < -0.3 is 8.98 Å². The first-order chi connectivity index (χ1) is 28.3. The molecule has 0 aliphatic heterocycles. The average Bonchev–Trinajstić information content (AvgIpc) is 3.94. The van der Waals surface area contributed by atoms with E-state index in [4.69, 9.17) is 4.42 Å². The molecule has 12 rings (SSSR count). The van der Waals surface area contributed by atoms with E-state index in [1.54, 1.807) is 0 Å². The molecule has 1 aliphatic carbocycles. The summed E-state index contributed by atoms with van der Waals surface area (Å²) in [6.07, 6.45) is 0. The molecule has 57 heavy (non-hydrogen) atoms. The molecule has 0 bridgehead atoms. The van der Waals surface area contributed by atoms with Crippen LogP contribution in [0.1, 0.15) is 22.6 Å². The molecule has 0 N–H and O–H groups in total. The van der Waals surface area contributed by atoms with E-state index in [9.17, 15) is 0 Å². The molecular weight excluding hydrogens is 691 g/mol. The summed E-state index contributed by atoms with van der Waals surface area (Å²) in [6.45, 7) is 0. The van der Waals surface area contributed by atoms with Gasteiger partial charge in [0.15, 0.2) is 0 Å². The van der Waals surface area contributed by atoms with Crippen molar-refractivity contribution in [2.45, 2.75) is 5.92 Å². The maximum Gasteiger partial charge on any atom is 0.143 e. The number of hydrogen-bond donors (Lipinski definition) is 0. The van der Waals surface area contributed by atoms with Crippen LogP contribution in [-0.4, -0.2) is 4.57 Å². The Kier molecular flexibility index (Phi) is 7.02. The maximum absolute atomic E-state index is 6.72. The quantitative estimate of drug-likeness (QED) is 0.173. The van der Waals surface area contributed by atoms with Crippen LogP contribution in [0.2, 0.25) is 0 Å². The fraction of sp³-hybridized carbons (Fsp3) is 0.0182. The number of rotatable bonds is 5. The first-order valence-electron chi connectivity index (χ1n) is 19.7. The molecule has 0 atom stereocenters. The Morgan fingerprint density at radius 3 is 1.74 bits per heavy atom. The molecule has 0 unspecified atom stereocenters. The van der Waals surface area contributed by atoms with Crippen molar-refractivity contribution in [2.75, 3.05) is 0 Å². The number of nitrogens with zero attached hydrogens (tertiary/aromatic N) is 1. The summed E-state index contributed by atoms with van der Waals surface area (Å²) in [4.78, 5) is 0. The van der Waals surface area contributed by atoms with E-state index in [1.807, 2.05) is 0 Å². The fourth-order valence-corrected chi connectivity index (χ4v) is 9.47. The summed E-state index contributed by atoms with van der Waals surface area (Å²) in [6, 6.07) is 75.1. The second-order valence-electron chi connectivity index (χ2n) is 15.2. The van der Waals surface area contributed by atoms with Crippen LogP contribution >= 0.6 is 0 Å². The van der Waals surface area contributed by atoms with Crippen LogP contribution in [-0.2, 0) is 0 Å². The third-order valence-corrected chi connectivity index (χ3v) is 12.1. The van der Waals surface area contributed by atoms with Crippen molar-refractivity contribution in [3.8, 4) is 50.2 Å². The van der Waals surface area contributed by atoms with Gasteiger partial charge in [0.05, 0.1) is 11.0 Å². The van der Waals surface area contributed by atoms with Gasteiger partial charge in [-0.3, -0.25) is 0 Å². The molecule has 0 saturated carbocycles. The summed E-state index contributed by atoms with van der Waals surface area (Å²) in [5, 5.41) is 4.72. The average molecular weight is 726 g/mol. The number of furan rings is 1. The molecule has 266 valence electrons. The van der Waals surface area contributed by atoms with Crippen LogP contribution in [0.5, 0.6) is 0 Å². The van der Waals surface area contributed by atoms with E-state index >= 15 is 0 Å². The maximum atomic E-state index is 6.72. The second kappa shape index (κ2) is 12.6. The Labute approximate surface area is 330 Å². The Morgan fingerprint density at radius 2 is 0.947 bits per heavy atom. The lowest BCUT2D eigenvalue weighted by atomic mass is 9.88. The van der Waals surface area contributed by atoms with Crippen molar-refractivity contribution in [2.24, 2.45) is 0 Å². The molecule has 0 amide bonds. The smallest absolute Gasteiger partial charge is 0.143 e. The standard InChI is InChI=1S/C55H35NO/c1-2-13-35(14-3-1)36-25-27-37(28-26-36)38-15-12-16-39(31-38)48-33-41(34-50-45-20-9-11-24-53(45)57-55(48)50)56-51-23-10-8-19-44(51)49-32-40(29-30-52(49)56)54-46-21-6-4-17-42(46)43-18-5-7-22-47(43)54/h1-34,54H. The molecule has 0 spiro atoms. The monoisotopic (exact) mass is 725 g/mol. The highest BCUT2D eigenvalue weighted by atomic mass is 16.3. The lowest BCUT2D eigenvalue weighted by molar-refractivity contribution is 0.670. The van der Waals surface area contributed by atoms with Gasteiger partial charge in [0.25, 0.3) is 0 Å². The van der Waals surface area contributed by atoms with E-state index in [2.05, 4.69) is 211 Å². The van der Waals surface area contributed by atoms with Gasteiger partial charge in [0.1, 0.15) is 11.2 Å². The van der Waals surface area contributed by atoms with Gasteiger partial charge in [0.2, 0.25) is 0 Å². The van der Waals surface area contributed by atoms with Crippen LogP contribution in [0.4, 0.5) is 0 Å². The molecule has 2 aromatic heterocycles. The molecule has 0 saturated heterocycles. The van der Waals surface area contributed by atoms with Crippen molar-refractivity contribution < 1.29 is 4.42 Å². The predicted octanol–water partition coefficient (Wildman–Crippen LogP) is 14.8. The highest BCUT2D eigenvalue weighted by Gasteiger charge is 2.30. The second-order valence-corrected chi connectivity index (χ2v) is 15.2. The van der Waals surface area contributed by atoms with E-state index in [0.717, 1.165) is 38.8 Å². The van der Waals surface area contributed by atoms with Gasteiger partial charge in [-0.15, -0.1) is 0 Å². The molecule has 11 aromatic rings. The highest BCUT2D eigenvalue weighted by molar-refractivity contribution is 6.13. The lowest BCUT2D eigenvalue weighted by Gasteiger charge is -2.15. The normalized spacial score (nSPS) is 12.5. The number of aromatic nitrogens is 1. The van der Waals surface area contributed by atoms with Crippen molar-refractivity contribution in [1.29, 1.82) is 0 Å². The minimum atomic E-state index is 0.186. The van der Waals surface area contributed by atoms with Crippen LogP contribution in [0.3, 0.4) is 0 Å². The van der Waals surface area contributed by atoms with Crippen molar-refractivity contribution in [3.05, 3.63) is 223 Å². The molecule has 2 nitrogen and oxygen atoms in total. The summed E-state index contributed by atoms with van der Waals surface area (Å²) < 4.78 is 9.16. The lowest BCUT2D eigenvalue weighted by Crippen LogP contribution is -1.99. The van der Waals surface area contributed by atoms with Gasteiger partial charge in [-0.1, -0.05) is 164 Å². The van der Waals surface area contributed by atoms with E-state index in [1.165, 1.54) is 71.9 Å². The SMILES string of the molecule is c1ccc(-c2ccc(-c3cccc(-c4cc(-n5c6ccccc6c6cc(C7c8ccccc8-c8ccccc87)ccc65)cc5c4oc4ccccc45)c3)cc2)cc1. The van der Waals surface area contributed by atoms with Crippen molar-refractivity contribution >= 4 is 43.7 Å². The number of para-hydroxylation sites is 2. The molecule has 9 aromatic carbocycles. The minimum absolute atomic E-state index is 0.186. The van der Waals surface area contributed by atoms with Gasteiger partial charge in [-0.05, 0) is 98.1 Å². The van der Waals surface area contributed by atoms with E-state index in [-0.39, 0.29) is 5.92 Å². The summed E-state index contributed by atoms with van der Waals surface area (Å²) in [5.41, 5.74) is 19.0. The predicted molar refractivity (Wildman–Crippen MR) is 237 cm³/mol. The zero-order chi connectivity index (χ0) is 37.5. The summed E-state index contributed by atoms with van der Waals surface area (Å²) in [7, 11) is 0. The molecule has 2 heterocycles. The van der Waals surface area contributed by atoms with Crippen molar-refractivity contribution in [3.63, 3.8) is 0 Å². The third-order valence-electron chi connectivity index (χ3n) is 12.1. The van der Waals surface area contributed by atoms with Crippen LogP contribution < -0.4 is 0 Å². The van der Waals surface area contributed by atoms with E-state index < -0.39 is 0 Å². The first kappa shape index (κ1) is 31.9. The van der Waals surface area contributed by atoms with Gasteiger partial charge in [-0.2, -0.15) is 0 Å². The largest absolute Gasteiger partial charge is 0.455 e. The molecule has 2 heteroatoms.